The molecular weight excluding hydrogens is 851 g/mol. The van der Waals surface area contributed by atoms with Crippen molar-refractivity contribution >= 4 is 39.0 Å². The fourth-order valence-electron chi connectivity index (χ4n) is 17.7. The summed E-state index contributed by atoms with van der Waals surface area (Å²) >= 11 is 0. The number of aliphatic hydroxyl groups excluding tert-OH is 4. The Kier molecular flexibility index (Phi) is 10.3. The van der Waals surface area contributed by atoms with Crippen LogP contribution >= 0.6 is 21.6 Å². The second-order valence-electron chi connectivity index (χ2n) is 23.0. The predicted octanol–water partition coefficient (Wildman–Crippen LogP) is 6.09. The maximum Gasteiger partial charge on any atom is 0.233 e. The lowest BCUT2D eigenvalue weighted by molar-refractivity contribution is -0.235. The van der Waals surface area contributed by atoms with E-state index < -0.39 is 73.9 Å². The molecule has 7 fully saturated rings. The summed E-state index contributed by atoms with van der Waals surface area (Å²) in [5, 5.41) is 86.5. The number of hydrogen-bond donors (Lipinski definition) is 7. The molecule has 12 aliphatic rings. The number of ether oxygens (including phenoxy) is 1. The van der Waals surface area contributed by atoms with Crippen molar-refractivity contribution in [2.45, 2.75) is 152 Å². The maximum absolute atomic E-state index is 15.7. The van der Waals surface area contributed by atoms with Crippen molar-refractivity contribution in [3.05, 3.63) is 47.6 Å². The van der Waals surface area contributed by atoms with Gasteiger partial charge < -0.3 is 45.4 Å². The van der Waals surface area contributed by atoms with Gasteiger partial charge in [-0.15, -0.1) is 0 Å². The number of phenolic OH excluding ortho intramolecular Hbond substituents is 1. The molecule has 2 saturated heterocycles. The number of carbonyl (C=O) groups is 2. The highest BCUT2D eigenvalue weighted by atomic mass is 33.1. The van der Waals surface area contributed by atoms with Gasteiger partial charge in [-0.3, -0.25) is 9.59 Å². The van der Waals surface area contributed by atoms with Crippen LogP contribution < -0.4 is 4.90 Å². The molecule has 8 bridgehead atoms. The monoisotopic (exact) mass is 919 g/mol. The van der Waals surface area contributed by atoms with Gasteiger partial charge in [0.05, 0.1) is 34.7 Å². The molecule has 4 spiro atoms. The lowest BCUT2D eigenvalue weighted by Crippen LogP contribution is -2.74. The predicted molar refractivity (Wildman–Crippen MR) is 245 cm³/mol. The molecule has 7 N–H and O–H groups in total. The SMILES string of the molecule is CC(C)[C@@H](C)[C@@H]1O[C@H]1[C@@]1(O)CC=C[C@@H]2C[C@@]34CC[C@H]5[C@H](O)[C@H](O)C[C@@]6(C(=O)C=C3[C@]3(O)CC[C@H]1[C@@]23CCc1cc(O)cc(c1)N1CC[C@@]2(C1=O)[C@@H](CO)CCC[C@H]2CSS[C@@H]6O)[C@]54C. The van der Waals surface area contributed by atoms with E-state index in [4.69, 9.17) is 4.74 Å². The molecule has 64 heavy (non-hydrogen) atoms. The number of aliphatic hydroxyl groups is 6. The quantitative estimate of drug-likeness (QED) is 0.105. The highest BCUT2D eigenvalue weighted by Gasteiger charge is 2.84. The maximum atomic E-state index is 15.7. The van der Waals surface area contributed by atoms with E-state index in [1.807, 2.05) is 6.07 Å². The van der Waals surface area contributed by atoms with Crippen molar-refractivity contribution in [2.75, 3.05) is 23.8 Å². The first-order chi connectivity index (χ1) is 30.4. The third-order valence-electron chi connectivity index (χ3n) is 21.1. The fraction of sp³-hybridized carbons (Fsp3) is 0.765. The number of fused-ring (bicyclic) bond motifs is 1. The van der Waals surface area contributed by atoms with Crippen molar-refractivity contribution in [2.24, 2.45) is 68.5 Å². The van der Waals surface area contributed by atoms with E-state index in [0.717, 1.165) is 24.8 Å². The number of epoxide rings is 1. The molecule has 5 saturated carbocycles. The highest BCUT2D eigenvalue weighted by Crippen LogP contribution is 2.83. The number of nitrogens with zero attached hydrogens (tertiary/aromatic N) is 1. The summed E-state index contributed by atoms with van der Waals surface area (Å²) in [5.74, 6) is -0.891. The second-order valence-corrected chi connectivity index (χ2v) is 25.5. The molecule has 0 aromatic heterocycles. The molecule has 7 aliphatic carbocycles. The molecule has 0 radical (unpaired) electrons. The van der Waals surface area contributed by atoms with Gasteiger partial charge in [-0.1, -0.05) is 67.9 Å². The summed E-state index contributed by atoms with van der Waals surface area (Å²) in [7, 11) is 2.68. The molecule has 1 aromatic carbocycles. The van der Waals surface area contributed by atoms with Gasteiger partial charge in [0, 0.05) is 47.4 Å². The molecule has 18 atom stereocenters. The molecule has 5 heterocycles. The van der Waals surface area contributed by atoms with E-state index in [1.165, 1.54) is 21.6 Å². The Morgan fingerprint density at radius 3 is 2.53 bits per heavy atom. The Labute approximate surface area is 385 Å². The largest absolute Gasteiger partial charge is 0.508 e. The van der Waals surface area contributed by atoms with Gasteiger partial charge in [0.15, 0.2) is 5.78 Å². The van der Waals surface area contributed by atoms with E-state index in [1.54, 1.807) is 23.1 Å². The van der Waals surface area contributed by atoms with Crippen LogP contribution in [0, 0.1) is 68.5 Å². The summed E-state index contributed by atoms with van der Waals surface area (Å²) in [6.45, 7) is 8.91. The summed E-state index contributed by atoms with van der Waals surface area (Å²) in [6, 6.07) is 5.40. The van der Waals surface area contributed by atoms with Crippen molar-refractivity contribution < 1.29 is 50.1 Å². The number of hydrogen-bond acceptors (Lipinski definition) is 12. The van der Waals surface area contributed by atoms with E-state index in [-0.39, 0.29) is 60.2 Å². The van der Waals surface area contributed by atoms with Gasteiger partial charge in [-0.25, -0.2) is 0 Å². The first-order valence-electron chi connectivity index (χ1n) is 24.5. The zero-order valence-electron chi connectivity index (χ0n) is 37.8. The molecule has 1 aromatic rings. The number of aromatic hydroxyl groups is 1. The summed E-state index contributed by atoms with van der Waals surface area (Å²) in [6.07, 6.45) is 9.49. The van der Waals surface area contributed by atoms with Crippen LogP contribution in [0.2, 0.25) is 0 Å². The smallest absolute Gasteiger partial charge is 0.233 e. The number of phenols is 1. The minimum Gasteiger partial charge on any atom is -0.508 e. The summed E-state index contributed by atoms with van der Waals surface area (Å²) in [4.78, 5) is 32.5. The van der Waals surface area contributed by atoms with E-state index in [2.05, 4.69) is 39.8 Å². The Hall–Kier alpha value is -1.94. The normalized spacial score (nSPS) is 50.9. The van der Waals surface area contributed by atoms with Crippen LogP contribution in [0.1, 0.15) is 110 Å². The molecule has 11 nitrogen and oxygen atoms in total. The van der Waals surface area contributed by atoms with Crippen LogP contribution in [0.25, 0.3) is 0 Å². The van der Waals surface area contributed by atoms with E-state index >= 15 is 9.59 Å². The van der Waals surface area contributed by atoms with Crippen LogP contribution in [0.3, 0.4) is 0 Å². The van der Waals surface area contributed by atoms with Crippen molar-refractivity contribution in [1.29, 1.82) is 0 Å². The number of rotatable bonds is 4. The van der Waals surface area contributed by atoms with Crippen LogP contribution in [0.5, 0.6) is 5.75 Å². The molecule has 13 heteroatoms. The van der Waals surface area contributed by atoms with Gasteiger partial charge in [0.1, 0.15) is 22.9 Å². The standard InChI is InChI=1S/C51H69NO10S2/c1-27(2)28(3)41-42(62-41)50(60)13-6-9-30-23-46-14-11-35-40(57)36(55)24-49(45(35,46)4)39(56)22-38(46)51(61)16-12-37(50)48(30,51)15-10-29-19-33(21-34(54)20-29)52-18-17-47(43(52)58)31(25-53)7-5-8-32(47)26-63-64-44(49)59/h6,9,19-22,27-28,30-32,35-37,40-42,44,53-55,57,59-61H,5,7-8,10-18,23-26H2,1-4H3/t28-,30-,31-,32+,35+,36-,37+,40+,41+,42-,44+,45-,46+,47-,48-,49+,50-,51-/m1/s1. The second kappa shape index (κ2) is 14.8. The number of anilines is 1. The van der Waals surface area contributed by atoms with Gasteiger partial charge in [-0.2, -0.15) is 0 Å². The number of benzene rings is 1. The number of amides is 1. The Morgan fingerprint density at radius 2 is 1.77 bits per heavy atom. The molecule has 350 valence electrons. The van der Waals surface area contributed by atoms with Crippen LogP contribution in [0.4, 0.5) is 5.69 Å². The molecule has 13 rings (SSSR count). The number of allylic oxidation sites excluding steroid dienone is 2. The van der Waals surface area contributed by atoms with Crippen LogP contribution in [-0.2, 0) is 20.7 Å². The average molecular weight is 920 g/mol. The first-order valence-corrected chi connectivity index (χ1v) is 26.9. The van der Waals surface area contributed by atoms with Crippen LogP contribution in [0.15, 0.2) is 42.0 Å². The molecule has 1 amide bonds. The lowest BCUT2D eigenvalue weighted by Gasteiger charge is -2.71. The summed E-state index contributed by atoms with van der Waals surface area (Å²) < 4.78 is 6.51. The minimum absolute atomic E-state index is 0.0411. The molecule has 5 aliphatic heterocycles. The fourth-order valence-corrected chi connectivity index (χ4v) is 20.8. The molecular formula is C51H69NO10S2. The van der Waals surface area contributed by atoms with Gasteiger partial charge in [-0.05, 0) is 147 Å². The number of carbonyl (C=O) groups excluding carboxylic acids is 2. The lowest BCUT2D eigenvalue weighted by atomic mass is 9.34. The minimum atomic E-state index is -1.57. The number of aryl methyl sites for hydroxylation is 1. The molecule has 0 unspecified atom stereocenters. The van der Waals surface area contributed by atoms with Gasteiger partial charge in [0.2, 0.25) is 5.91 Å². The van der Waals surface area contributed by atoms with Gasteiger partial charge in [0.25, 0.3) is 0 Å². The topological polar surface area (TPSA) is 192 Å². The third kappa shape index (κ3) is 5.34. The van der Waals surface area contributed by atoms with Crippen molar-refractivity contribution in [3.8, 4) is 5.75 Å². The zero-order valence-corrected chi connectivity index (χ0v) is 39.5. The van der Waals surface area contributed by atoms with Crippen molar-refractivity contribution in [1.82, 2.24) is 0 Å². The Bertz CT molecular complexity index is 2190. The summed E-state index contributed by atoms with van der Waals surface area (Å²) in [5.41, 5.74) is -7.27. The van der Waals surface area contributed by atoms with E-state index in [9.17, 15) is 35.7 Å². The number of ketones is 1. The van der Waals surface area contributed by atoms with Crippen molar-refractivity contribution in [3.63, 3.8) is 0 Å². The average Bonchev–Trinajstić information content (AvgIpc) is 3.84. The zero-order chi connectivity index (χ0) is 45.1. The Morgan fingerprint density at radius 1 is 0.969 bits per heavy atom. The van der Waals surface area contributed by atoms with E-state index in [0.29, 0.717) is 87.3 Å². The Balaban J connectivity index is 1.12. The van der Waals surface area contributed by atoms with Crippen LogP contribution in [-0.4, -0.2) is 107 Å². The highest BCUT2D eigenvalue weighted by molar-refractivity contribution is 8.76. The first kappa shape index (κ1) is 44.6. The van der Waals surface area contributed by atoms with Gasteiger partial charge >= 0.3 is 0 Å². The third-order valence-corrected chi connectivity index (χ3v) is 23.7.